The molecule has 0 aliphatic carbocycles. The molecule has 2 aromatic carbocycles. The smallest absolute Gasteiger partial charge is 0.338 e. The van der Waals surface area contributed by atoms with Crippen LogP contribution in [-0.2, 0) is 11.3 Å². The van der Waals surface area contributed by atoms with Gasteiger partial charge in [0.2, 0.25) is 0 Å². The maximum Gasteiger partial charge on any atom is 0.338 e. The number of fused-ring (bicyclic) bond motifs is 1. The second-order valence-electron chi connectivity index (χ2n) is 4.91. The molecule has 120 valence electrons. The van der Waals surface area contributed by atoms with Gasteiger partial charge in [0.15, 0.2) is 11.5 Å². The number of hydrogen-bond donors (Lipinski definition) is 0. The lowest BCUT2D eigenvalue weighted by Crippen LogP contribution is -2.16. The molecule has 23 heavy (non-hydrogen) atoms. The van der Waals surface area contributed by atoms with Crippen molar-refractivity contribution >= 4 is 17.6 Å². The molecule has 6 heteroatoms. The standard InChI is InChI=1S/C17H15ClO5/c1-20-13-4-2-12(3-5-13)17(19)23-10-11-8-14(18)16-15(9-11)21-6-7-22-16/h2-5,8-9H,6-7,10H2,1H3. The van der Waals surface area contributed by atoms with Crippen LogP contribution in [0.2, 0.25) is 5.02 Å². The Hall–Kier alpha value is -2.40. The fourth-order valence-corrected chi connectivity index (χ4v) is 2.49. The van der Waals surface area contributed by atoms with E-state index in [1.54, 1.807) is 43.5 Å². The summed E-state index contributed by atoms with van der Waals surface area (Å²) in [6, 6.07) is 10.2. The third kappa shape index (κ3) is 3.51. The van der Waals surface area contributed by atoms with Crippen LogP contribution in [0, 0.1) is 0 Å². The molecule has 1 aliphatic heterocycles. The zero-order chi connectivity index (χ0) is 16.2. The quantitative estimate of drug-likeness (QED) is 0.801. The van der Waals surface area contributed by atoms with E-state index in [0.717, 1.165) is 5.56 Å². The second kappa shape index (κ2) is 6.79. The Morgan fingerprint density at radius 3 is 2.65 bits per heavy atom. The summed E-state index contributed by atoms with van der Waals surface area (Å²) < 4.78 is 21.3. The second-order valence-corrected chi connectivity index (χ2v) is 5.31. The molecule has 1 aliphatic rings. The van der Waals surface area contributed by atoms with Gasteiger partial charge >= 0.3 is 5.97 Å². The van der Waals surface area contributed by atoms with Crippen molar-refractivity contribution in [1.29, 1.82) is 0 Å². The van der Waals surface area contributed by atoms with E-state index in [4.69, 9.17) is 30.5 Å². The first-order chi connectivity index (χ1) is 11.2. The number of carbonyl (C=O) groups excluding carboxylic acids is 1. The van der Waals surface area contributed by atoms with Crippen molar-refractivity contribution in [2.75, 3.05) is 20.3 Å². The van der Waals surface area contributed by atoms with Crippen LogP contribution in [0.25, 0.3) is 0 Å². The van der Waals surface area contributed by atoms with Crippen LogP contribution in [-0.4, -0.2) is 26.3 Å². The molecule has 0 spiro atoms. The molecule has 3 rings (SSSR count). The van der Waals surface area contributed by atoms with E-state index in [0.29, 0.717) is 41.0 Å². The Morgan fingerprint density at radius 1 is 1.17 bits per heavy atom. The number of benzene rings is 2. The van der Waals surface area contributed by atoms with E-state index >= 15 is 0 Å². The molecule has 2 aromatic rings. The Labute approximate surface area is 138 Å². The molecule has 0 saturated heterocycles. The molecule has 1 heterocycles. The van der Waals surface area contributed by atoms with Crippen molar-refractivity contribution in [2.45, 2.75) is 6.61 Å². The van der Waals surface area contributed by atoms with Gasteiger partial charge < -0.3 is 18.9 Å². The van der Waals surface area contributed by atoms with Crippen LogP contribution in [0.15, 0.2) is 36.4 Å². The molecule has 0 radical (unpaired) electrons. The highest BCUT2D eigenvalue weighted by atomic mass is 35.5. The van der Waals surface area contributed by atoms with Gasteiger partial charge in [0.1, 0.15) is 25.6 Å². The summed E-state index contributed by atoms with van der Waals surface area (Å²) in [6.07, 6.45) is 0. The SMILES string of the molecule is COc1ccc(C(=O)OCc2cc(Cl)c3c(c2)OCCO3)cc1. The first-order valence-electron chi connectivity index (χ1n) is 7.06. The van der Waals surface area contributed by atoms with E-state index in [1.165, 1.54) is 0 Å². The Bertz CT molecular complexity index is 712. The van der Waals surface area contributed by atoms with Crippen molar-refractivity contribution in [2.24, 2.45) is 0 Å². The van der Waals surface area contributed by atoms with Crippen molar-refractivity contribution < 1.29 is 23.7 Å². The van der Waals surface area contributed by atoms with E-state index in [-0.39, 0.29) is 6.61 Å². The van der Waals surface area contributed by atoms with Gasteiger partial charge in [-0.25, -0.2) is 4.79 Å². The number of ether oxygens (including phenoxy) is 4. The molecule has 0 N–H and O–H groups in total. The zero-order valence-electron chi connectivity index (χ0n) is 12.5. The summed E-state index contributed by atoms with van der Waals surface area (Å²) >= 11 is 6.15. The summed E-state index contributed by atoms with van der Waals surface area (Å²) in [5.41, 5.74) is 1.19. The van der Waals surface area contributed by atoms with Crippen LogP contribution in [0.3, 0.4) is 0 Å². The summed E-state index contributed by atoms with van der Waals surface area (Å²) in [5.74, 6) is 1.36. The third-order valence-electron chi connectivity index (χ3n) is 3.35. The van der Waals surface area contributed by atoms with Crippen LogP contribution < -0.4 is 14.2 Å². The molecule has 0 amide bonds. The highest BCUT2D eigenvalue weighted by Crippen LogP contribution is 2.38. The Kier molecular flexibility index (Phi) is 4.57. The lowest BCUT2D eigenvalue weighted by molar-refractivity contribution is 0.0472. The van der Waals surface area contributed by atoms with Crippen LogP contribution in [0.5, 0.6) is 17.2 Å². The van der Waals surface area contributed by atoms with Gasteiger partial charge in [-0.05, 0) is 42.0 Å². The number of hydrogen-bond acceptors (Lipinski definition) is 5. The molecular weight excluding hydrogens is 320 g/mol. The van der Waals surface area contributed by atoms with Crippen molar-refractivity contribution in [3.05, 3.63) is 52.5 Å². The predicted octanol–water partition coefficient (Wildman–Crippen LogP) is 3.48. The third-order valence-corrected chi connectivity index (χ3v) is 3.63. The molecular formula is C17H15ClO5. The number of carbonyl (C=O) groups is 1. The minimum Gasteiger partial charge on any atom is -0.497 e. The minimum atomic E-state index is -0.418. The van der Waals surface area contributed by atoms with Crippen molar-refractivity contribution in [3.8, 4) is 17.2 Å². The Morgan fingerprint density at radius 2 is 1.91 bits per heavy atom. The van der Waals surface area contributed by atoms with Gasteiger partial charge in [0, 0.05) is 0 Å². The molecule has 0 saturated carbocycles. The Balaban J connectivity index is 1.67. The van der Waals surface area contributed by atoms with Gasteiger partial charge in [-0.3, -0.25) is 0 Å². The predicted molar refractivity (Wildman–Crippen MR) is 84.6 cm³/mol. The van der Waals surface area contributed by atoms with Gasteiger partial charge in [-0.2, -0.15) is 0 Å². The maximum atomic E-state index is 12.0. The van der Waals surface area contributed by atoms with Crippen LogP contribution in [0.4, 0.5) is 0 Å². The molecule has 0 atom stereocenters. The van der Waals surface area contributed by atoms with Crippen LogP contribution >= 0.6 is 11.6 Å². The van der Waals surface area contributed by atoms with Crippen molar-refractivity contribution in [3.63, 3.8) is 0 Å². The number of esters is 1. The lowest BCUT2D eigenvalue weighted by atomic mass is 10.2. The van der Waals surface area contributed by atoms with Crippen molar-refractivity contribution in [1.82, 2.24) is 0 Å². The normalized spacial score (nSPS) is 12.6. The zero-order valence-corrected chi connectivity index (χ0v) is 13.3. The maximum absolute atomic E-state index is 12.0. The highest BCUT2D eigenvalue weighted by molar-refractivity contribution is 6.32. The largest absolute Gasteiger partial charge is 0.497 e. The first kappa shape index (κ1) is 15.5. The molecule has 5 nitrogen and oxygen atoms in total. The lowest BCUT2D eigenvalue weighted by Gasteiger charge is -2.20. The molecule has 0 bridgehead atoms. The van der Waals surface area contributed by atoms with E-state index < -0.39 is 5.97 Å². The molecule has 0 unspecified atom stereocenters. The monoisotopic (exact) mass is 334 g/mol. The summed E-state index contributed by atoms with van der Waals surface area (Å²) in [7, 11) is 1.57. The van der Waals surface area contributed by atoms with Gasteiger partial charge in [-0.1, -0.05) is 11.6 Å². The van der Waals surface area contributed by atoms with Crippen LogP contribution in [0.1, 0.15) is 15.9 Å². The topological polar surface area (TPSA) is 54.0 Å². The van der Waals surface area contributed by atoms with E-state index in [1.807, 2.05) is 0 Å². The average Bonchev–Trinajstić information content (AvgIpc) is 2.60. The van der Waals surface area contributed by atoms with E-state index in [2.05, 4.69) is 0 Å². The summed E-state index contributed by atoms with van der Waals surface area (Å²) in [5, 5.41) is 0.442. The van der Waals surface area contributed by atoms with E-state index in [9.17, 15) is 4.79 Å². The summed E-state index contributed by atoms with van der Waals surface area (Å²) in [4.78, 5) is 12.0. The average molecular weight is 335 g/mol. The van der Waals surface area contributed by atoms with Gasteiger partial charge in [0.25, 0.3) is 0 Å². The fourth-order valence-electron chi connectivity index (χ4n) is 2.21. The van der Waals surface area contributed by atoms with Gasteiger partial charge in [0.05, 0.1) is 17.7 Å². The van der Waals surface area contributed by atoms with Gasteiger partial charge in [-0.15, -0.1) is 0 Å². The molecule has 0 aromatic heterocycles. The number of rotatable bonds is 4. The fraction of sp³-hybridized carbons (Fsp3) is 0.235. The first-order valence-corrected chi connectivity index (χ1v) is 7.44. The molecule has 0 fully saturated rings. The highest BCUT2D eigenvalue weighted by Gasteiger charge is 2.17. The minimum absolute atomic E-state index is 0.0984. The number of halogens is 1. The number of methoxy groups -OCH3 is 1. The summed E-state index contributed by atoms with van der Waals surface area (Å²) in [6.45, 7) is 1.04.